The molecule has 2 aliphatic rings. The van der Waals surface area contributed by atoms with Gasteiger partial charge in [0.05, 0.1) is 0 Å². The van der Waals surface area contributed by atoms with Gasteiger partial charge in [-0.05, 0) is 146 Å². The molecule has 0 aromatic rings. The van der Waals surface area contributed by atoms with Gasteiger partial charge in [0, 0.05) is 0 Å². The summed E-state index contributed by atoms with van der Waals surface area (Å²) in [4.78, 5) is 0. The third-order valence-electron chi connectivity index (χ3n) is 29.4. The van der Waals surface area contributed by atoms with E-state index < -0.39 is 0 Å². The second kappa shape index (κ2) is 46.9. The molecule has 0 heterocycles. The normalized spacial score (nSPS) is 17.5. The Labute approximate surface area is 634 Å². The zero-order chi connectivity index (χ0) is 82.3. The van der Waals surface area contributed by atoms with Crippen LogP contribution >= 0.6 is 0 Å². The summed E-state index contributed by atoms with van der Waals surface area (Å²) in [5, 5.41) is 0. The number of rotatable bonds is 7. The third-order valence-corrected chi connectivity index (χ3v) is 29.4. The van der Waals surface area contributed by atoms with Crippen molar-refractivity contribution < 1.29 is 0 Å². The lowest BCUT2D eigenvalue weighted by atomic mass is 9.56. The van der Waals surface area contributed by atoms with Crippen LogP contribution in [-0.2, 0) is 0 Å². The van der Waals surface area contributed by atoms with Crippen LogP contribution in [0.4, 0.5) is 0 Å². The van der Waals surface area contributed by atoms with Crippen molar-refractivity contribution in [2.75, 3.05) is 0 Å². The maximum atomic E-state index is 2.38. The van der Waals surface area contributed by atoms with Crippen LogP contribution in [0.1, 0.15) is 492 Å². The van der Waals surface area contributed by atoms with Crippen LogP contribution in [0.25, 0.3) is 0 Å². The van der Waals surface area contributed by atoms with Gasteiger partial charge in [-0.25, -0.2) is 0 Å². The van der Waals surface area contributed by atoms with Crippen molar-refractivity contribution in [1.29, 1.82) is 0 Å². The molecule has 0 aromatic heterocycles. The van der Waals surface area contributed by atoms with Crippen molar-refractivity contribution in [3.05, 3.63) is 0 Å². The lowest BCUT2D eigenvalue weighted by Gasteiger charge is -2.49. The number of hydrogen-bond donors (Lipinski definition) is 0. The van der Waals surface area contributed by atoms with Crippen molar-refractivity contribution in [2.24, 2.45) is 146 Å². The Hall–Kier alpha value is 0. The molecule has 2 rings (SSSR count). The van der Waals surface area contributed by atoms with Gasteiger partial charge in [-0.3, -0.25) is 0 Å². The van der Waals surface area contributed by atoms with E-state index in [0.29, 0.717) is 86.6 Å². The summed E-state index contributed by atoms with van der Waals surface area (Å²) >= 11 is 0. The highest BCUT2D eigenvalue weighted by atomic mass is 14.5. The van der Waals surface area contributed by atoms with E-state index in [2.05, 4.69) is 415 Å². The maximum Gasteiger partial charge on any atom is -0.0257 e. The van der Waals surface area contributed by atoms with E-state index in [9.17, 15) is 0 Å². The van der Waals surface area contributed by atoms with Crippen LogP contribution in [0.2, 0.25) is 0 Å². The van der Waals surface area contributed by atoms with E-state index in [-0.39, 0.29) is 0 Å². The fourth-order valence-electron chi connectivity index (χ4n) is 9.20. The molecule has 0 N–H and O–H groups in total. The Kier molecular flexibility index (Phi) is 55.8. The lowest BCUT2D eigenvalue weighted by molar-refractivity contribution is 0.00575. The summed E-state index contributed by atoms with van der Waals surface area (Å²) in [5.41, 5.74) is 7.04. The largest absolute Gasteiger partial charge is 0.0651 e. The van der Waals surface area contributed by atoms with Crippen LogP contribution in [0, 0.1) is 146 Å². The highest BCUT2D eigenvalue weighted by molar-refractivity contribution is 4.92. The summed E-state index contributed by atoms with van der Waals surface area (Å²) in [7, 11) is 0. The molecule has 606 valence electrons. The zero-order valence-corrected chi connectivity index (χ0v) is 82.3. The average molecular weight is 1390 g/mol. The highest BCUT2D eigenvalue weighted by Crippen LogP contribution is 2.51. The first-order chi connectivity index (χ1) is 42.1. The lowest BCUT2D eigenvalue weighted by Crippen LogP contribution is -2.41. The zero-order valence-electron chi connectivity index (χ0n) is 82.3. The van der Waals surface area contributed by atoms with E-state index in [1.165, 1.54) is 77.0 Å². The second-order valence-corrected chi connectivity index (χ2v) is 48.5. The third kappa shape index (κ3) is 54.6. The highest BCUT2D eigenvalue weighted by Gasteiger charge is 2.42. The summed E-state index contributed by atoms with van der Waals surface area (Å²) in [5.74, 6) is 8.67. The molecule has 2 fully saturated rings. The smallest absolute Gasteiger partial charge is 0.0257 e. The van der Waals surface area contributed by atoms with E-state index in [4.69, 9.17) is 0 Å². The van der Waals surface area contributed by atoms with Crippen LogP contribution in [0.5, 0.6) is 0 Å². The average Bonchev–Trinajstić information content (AvgIpc) is 0.799. The Morgan fingerprint density at radius 3 is 0.602 bits per heavy atom. The van der Waals surface area contributed by atoms with Crippen molar-refractivity contribution in [1.82, 2.24) is 0 Å². The molecule has 2 saturated carbocycles. The van der Waals surface area contributed by atoms with Crippen LogP contribution < -0.4 is 0 Å². The van der Waals surface area contributed by atoms with E-state index in [1.54, 1.807) is 0 Å². The molecular weight excluding hydrogens is 1180 g/mol. The molecule has 1 unspecified atom stereocenters. The second-order valence-electron chi connectivity index (χ2n) is 48.5. The van der Waals surface area contributed by atoms with Crippen molar-refractivity contribution in [3.63, 3.8) is 0 Å². The van der Waals surface area contributed by atoms with E-state index >= 15 is 0 Å². The van der Waals surface area contributed by atoms with Gasteiger partial charge in [0.2, 0.25) is 0 Å². The summed E-state index contributed by atoms with van der Waals surface area (Å²) in [6.45, 7) is 138. The molecule has 2 aliphatic carbocycles. The van der Waals surface area contributed by atoms with Crippen molar-refractivity contribution >= 4 is 0 Å². The van der Waals surface area contributed by atoms with Crippen LogP contribution in [0.15, 0.2) is 0 Å². The molecular formula is C98H214. The summed E-state index contributed by atoms with van der Waals surface area (Å²) in [6.07, 6.45) is 17.4. The molecule has 0 nitrogen and oxygen atoms in total. The Balaban J connectivity index is -0.000000127. The van der Waals surface area contributed by atoms with Gasteiger partial charge in [0.15, 0.2) is 0 Å². The van der Waals surface area contributed by atoms with Crippen LogP contribution in [0.3, 0.4) is 0 Å². The quantitative estimate of drug-likeness (QED) is 0.238. The van der Waals surface area contributed by atoms with Gasteiger partial charge in [-0.2, -0.15) is 0 Å². The molecule has 0 radical (unpaired) electrons. The fraction of sp³-hybridized carbons (Fsp3) is 1.00. The van der Waals surface area contributed by atoms with Gasteiger partial charge in [0.25, 0.3) is 0 Å². The van der Waals surface area contributed by atoms with Gasteiger partial charge < -0.3 is 0 Å². The fourth-order valence-corrected chi connectivity index (χ4v) is 9.20. The van der Waals surface area contributed by atoms with E-state index in [1.807, 2.05) is 0 Å². The molecule has 0 aliphatic heterocycles. The molecule has 4 atom stereocenters. The Morgan fingerprint density at radius 1 is 0.286 bits per heavy atom. The van der Waals surface area contributed by atoms with E-state index in [0.717, 1.165) is 59.2 Å². The molecule has 0 spiro atoms. The van der Waals surface area contributed by atoms with Gasteiger partial charge in [-0.1, -0.05) is 492 Å². The predicted molar refractivity (Wildman–Crippen MR) is 470 cm³/mol. The molecule has 0 bridgehead atoms. The first kappa shape index (κ1) is 116. The summed E-state index contributed by atoms with van der Waals surface area (Å²) < 4.78 is 0. The minimum absolute atomic E-state index is 0.375. The minimum Gasteiger partial charge on any atom is -0.0651 e. The molecule has 0 heteroatoms. The molecule has 0 amide bonds. The molecule has 98 heavy (non-hydrogen) atoms. The van der Waals surface area contributed by atoms with Gasteiger partial charge in [-0.15, -0.1) is 0 Å². The first-order valence-electron chi connectivity index (χ1n) is 42.1. The SMILES string of the molecule is CC(C(C)(C)C)C(C)(C)C.CC(C)(C)C(C)(C)C.CC(C)(C)C(C)(C)C.CC(C)(C)C(C)(C)C(C)(C)C.CC(C)C(C)(C)C(C)(C)C.CC(C)C(C)(C)C(C)C.CC(C)[C@@H](C)C(C)(C)C.CC1CCCC[C@H]1C.CCC(C)(C)C(C)(C)C.CCC1CCCCC1.CC[C@@H](C)C(C)(C)C. The monoisotopic (exact) mass is 1390 g/mol. The van der Waals surface area contributed by atoms with Gasteiger partial charge >= 0.3 is 0 Å². The number of hydrogen-bond acceptors (Lipinski definition) is 0. The molecule has 0 saturated heterocycles. The Bertz CT molecular complexity index is 1710. The van der Waals surface area contributed by atoms with Crippen molar-refractivity contribution in [2.45, 2.75) is 492 Å². The maximum absolute atomic E-state index is 2.38. The van der Waals surface area contributed by atoms with Crippen LogP contribution in [-0.4, -0.2) is 0 Å². The minimum atomic E-state index is 0.375. The topological polar surface area (TPSA) is 0 Å². The summed E-state index contributed by atoms with van der Waals surface area (Å²) in [6, 6.07) is 0. The standard InChI is InChI=1S/C11H24.2C10H22.3C9H20.2C8H16.3C8H18/c1-9(2,3)11(7,8)10(4,5)6;1-8(9(2,3)4)10(5,6)7;1-8(2)10(6,7)9(3,4)5;1-7-9(5,6)8(2,3)4;1-7(2)8(3)9(4,5)6;1-7(2)9(5,6)8(3)4;1-7-5-3-4-6-8(7)2;1-2-8-6-4-3-5-7-8;2*1-7(2,3)8(4,5)6;1-6-7(2)8(3,4)5/h1-8H3;2*8H,1-7H3;7H2,1-6H3;2*7-8H,1-6H3;7-8H,3-6H2,1-2H3;8H,2-7H2,1H3;2*1-6H3;7H,6H2,1-5H3/t;;;;8-;;7-,8?;;;;7-/m....1.1...1/s1. The van der Waals surface area contributed by atoms with Crippen molar-refractivity contribution in [3.8, 4) is 0 Å². The van der Waals surface area contributed by atoms with Gasteiger partial charge in [0.1, 0.15) is 0 Å². The first-order valence-corrected chi connectivity index (χ1v) is 42.1. The predicted octanol–water partition coefficient (Wildman–Crippen LogP) is 36.7. The molecule has 0 aromatic carbocycles. The Morgan fingerprint density at radius 2 is 0.551 bits per heavy atom.